The summed E-state index contributed by atoms with van der Waals surface area (Å²) in [7, 11) is 6.00. The molecular formula is C20H19N3O6. The van der Waals surface area contributed by atoms with Gasteiger partial charge in [-0.2, -0.15) is 0 Å². The molecule has 3 rings (SSSR count). The molecule has 0 bridgehead atoms. The fourth-order valence-corrected chi connectivity index (χ4v) is 3.21. The second-order valence-corrected chi connectivity index (χ2v) is 5.91. The van der Waals surface area contributed by atoms with Crippen LogP contribution >= 0.6 is 0 Å². The van der Waals surface area contributed by atoms with Crippen molar-refractivity contribution >= 4 is 11.0 Å². The van der Waals surface area contributed by atoms with Gasteiger partial charge in [0.05, 0.1) is 40.4 Å². The van der Waals surface area contributed by atoms with E-state index in [-0.39, 0.29) is 12.1 Å². The third-order valence-corrected chi connectivity index (χ3v) is 4.44. The van der Waals surface area contributed by atoms with Crippen LogP contribution in [0, 0.1) is 0 Å². The summed E-state index contributed by atoms with van der Waals surface area (Å²) < 4.78 is 27.1. The van der Waals surface area contributed by atoms with E-state index in [1.165, 1.54) is 27.4 Å². The van der Waals surface area contributed by atoms with Crippen molar-refractivity contribution in [2.45, 2.75) is 6.54 Å². The molecule has 0 aliphatic rings. The number of rotatable bonds is 7. The standard InChI is InChI=1S/C20H19N3O6/c1-25-12-5-6-13(11(7-12)10-22-23-21)14-8-17(24)29-15-9-16(26-2)19(27-3)20(28-4)18(14)15/h5-9H,10H2,1-4H3. The first kappa shape index (κ1) is 19.9. The number of methoxy groups -OCH3 is 4. The van der Waals surface area contributed by atoms with Crippen molar-refractivity contribution < 1.29 is 23.4 Å². The Morgan fingerprint density at radius 3 is 2.34 bits per heavy atom. The van der Waals surface area contributed by atoms with Gasteiger partial charge in [0, 0.05) is 22.6 Å². The molecule has 1 aromatic heterocycles. The third-order valence-electron chi connectivity index (χ3n) is 4.44. The van der Waals surface area contributed by atoms with E-state index < -0.39 is 5.63 Å². The summed E-state index contributed by atoms with van der Waals surface area (Å²) in [4.78, 5) is 15.1. The first-order valence-electron chi connectivity index (χ1n) is 8.52. The van der Waals surface area contributed by atoms with Crippen LogP contribution in [0.2, 0.25) is 0 Å². The summed E-state index contributed by atoms with van der Waals surface area (Å²) >= 11 is 0. The van der Waals surface area contributed by atoms with Crippen LogP contribution < -0.4 is 24.6 Å². The van der Waals surface area contributed by atoms with Crippen molar-refractivity contribution in [3.63, 3.8) is 0 Å². The van der Waals surface area contributed by atoms with Gasteiger partial charge < -0.3 is 23.4 Å². The normalized spacial score (nSPS) is 10.3. The largest absolute Gasteiger partial charge is 0.497 e. The average Bonchev–Trinajstić information content (AvgIpc) is 2.75. The summed E-state index contributed by atoms with van der Waals surface area (Å²) in [5.41, 5.74) is 10.4. The number of azide groups is 1. The van der Waals surface area contributed by atoms with E-state index >= 15 is 0 Å². The van der Waals surface area contributed by atoms with E-state index in [0.29, 0.717) is 45.1 Å². The van der Waals surface area contributed by atoms with Gasteiger partial charge in [0.1, 0.15) is 11.3 Å². The lowest BCUT2D eigenvalue weighted by molar-refractivity contribution is 0.326. The SMILES string of the molecule is COc1ccc(-c2cc(=O)oc3cc(OC)c(OC)c(OC)c23)c(CN=[N+]=[N-])c1. The lowest BCUT2D eigenvalue weighted by Crippen LogP contribution is -2.03. The molecule has 150 valence electrons. The van der Waals surface area contributed by atoms with Crippen molar-refractivity contribution in [1.29, 1.82) is 0 Å². The average molecular weight is 397 g/mol. The minimum atomic E-state index is -0.549. The Balaban J connectivity index is 2.44. The Labute approximate surface area is 166 Å². The number of ether oxygens (including phenoxy) is 4. The predicted octanol–water partition coefficient (Wildman–Crippen LogP) is 4.30. The van der Waals surface area contributed by atoms with Gasteiger partial charge in [-0.15, -0.1) is 0 Å². The Hall–Kier alpha value is -3.84. The zero-order valence-electron chi connectivity index (χ0n) is 16.4. The van der Waals surface area contributed by atoms with Crippen LogP contribution in [0.4, 0.5) is 0 Å². The highest BCUT2D eigenvalue weighted by atomic mass is 16.5. The zero-order valence-corrected chi connectivity index (χ0v) is 16.4. The fourth-order valence-electron chi connectivity index (χ4n) is 3.21. The van der Waals surface area contributed by atoms with Crippen LogP contribution in [-0.2, 0) is 6.54 Å². The summed E-state index contributed by atoms with van der Waals surface area (Å²) in [5, 5.41) is 4.18. The van der Waals surface area contributed by atoms with E-state index in [0.717, 1.165) is 0 Å². The van der Waals surface area contributed by atoms with Gasteiger partial charge in [0.2, 0.25) is 5.75 Å². The Morgan fingerprint density at radius 1 is 0.966 bits per heavy atom. The van der Waals surface area contributed by atoms with Gasteiger partial charge in [-0.3, -0.25) is 0 Å². The summed E-state index contributed by atoms with van der Waals surface area (Å²) in [6, 6.07) is 8.21. The number of benzene rings is 2. The molecule has 1 heterocycles. The van der Waals surface area contributed by atoms with E-state index in [9.17, 15) is 4.79 Å². The van der Waals surface area contributed by atoms with Crippen LogP contribution in [0.5, 0.6) is 23.0 Å². The second-order valence-electron chi connectivity index (χ2n) is 5.91. The van der Waals surface area contributed by atoms with Crippen molar-refractivity contribution in [1.82, 2.24) is 0 Å². The summed E-state index contributed by atoms with van der Waals surface area (Å²) in [5.74, 6) is 1.67. The van der Waals surface area contributed by atoms with Gasteiger partial charge in [0.25, 0.3) is 0 Å². The van der Waals surface area contributed by atoms with Crippen LogP contribution in [0.3, 0.4) is 0 Å². The van der Waals surface area contributed by atoms with Gasteiger partial charge in [-0.1, -0.05) is 11.2 Å². The molecule has 0 aliphatic carbocycles. The number of hydrogen-bond acceptors (Lipinski definition) is 7. The molecule has 9 heteroatoms. The monoisotopic (exact) mass is 397 g/mol. The topological polar surface area (TPSA) is 116 Å². The molecule has 3 aromatic rings. The lowest BCUT2D eigenvalue weighted by Gasteiger charge is -2.17. The number of nitrogens with zero attached hydrogens (tertiary/aromatic N) is 3. The minimum absolute atomic E-state index is 0.0698. The van der Waals surface area contributed by atoms with Crippen LogP contribution in [-0.4, -0.2) is 28.4 Å². The highest BCUT2D eigenvalue weighted by Crippen LogP contribution is 2.47. The lowest BCUT2D eigenvalue weighted by atomic mass is 9.96. The Kier molecular flexibility index (Phi) is 5.80. The van der Waals surface area contributed by atoms with Gasteiger partial charge >= 0.3 is 5.63 Å². The van der Waals surface area contributed by atoms with Gasteiger partial charge in [-0.05, 0) is 28.8 Å². The quantitative estimate of drug-likeness (QED) is 0.254. The first-order valence-corrected chi connectivity index (χ1v) is 8.52. The first-order chi connectivity index (χ1) is 14.1. The molecule has 0 atom stereocenters. The fraction of sp³-hybridized carbons (Fsp3) is 0.250. The maximum Gasteiger partial charge on any atom is 0.336 e. The summed E-state index contributed by atoms with van der Waals surface area (Å²) in [6.45, 7) is 0.0698. The molecule has 2 aromatic carbocycles. The van der Waals surface area contributed by atoms with E-state index in [2.05, 4.69) is 10.0 Å². The van der Waals surface area contributed by atoms with Gasteiger partial charge in [0.15, 0.2) is 11.5 Å². The smallest absolute Gasteiger partial charge is 0.336 e. The number of hydrogen-bond donors (Lipinski definition) is 0. The van der Waals surface area contributed by atoms with Crippen molar-refractivity contribution in [3.05, 3.63) is 56.8 Å². The predicted molar refractivity (Wildman–Crippen MR) is 107 cm³/mol. The molecule has 0 fully saturated rings. The summed E-state index contributed by atoms with van der Waals surface area (Å²) in [6.07, 6.45) is 0. The van der Waals surface area contributed by atoms with Crippen molar-refractivity contribution in [2.24, 2.45) is 5.11 Å². The second kappa shape index (κ2) is 8.45. The van der Waals surface area contributed by atoms with Crippen LogP contribution in [0.1, 0.15) is 5.56 Å². The highest BCUT2D eigenvalue weighted by Gasteiger charge is 2.22. The molecular weight excluding hydrogens is 378 g/mol. The Morgan fingerprint density at radius 2 is 1.72 bits per heavy atom. The third kappa shape index (κ3) is 3.63. The maximum atomic E-state index is 12.3. The molecule has 0 aliphatic heterocycles. The molecule has 0 saturated carbocycles. The molecule has 29 heavy (non-hydrogen) atoms. The highest BCUT2D eigenvalue weighted by molar-refractivity contribution is 6.01. The molecule has 0 radical (unpaired) electrons. The molecule has 0 spiro atoms. The van der Waals surface area contributed by atoms with Crippen LogP contribution in [0.25, 0.3) is 32.5 Å². The molecule has 9 nitrogen and oxygen atoms in total. The molecule has 0 amide bonds. The zero-order chi connectivity index (χ0) is 21.0. The van der Waals surface area contributed by atoms with Crippen LogP contribution in [0.15, 0.2) is 44.7 Å². The van der Waals surface area contributed by atoms with E-state index in [1.807, 2.05) is 0 Å². The van der Waals surface area contributed by atoms with E-state index in [4.69, 9.17) is 28.9 Å². The van der Waals surface area contributed by atoms with Crippen molar-refractivity contribution in [3.8, 4) is 34.1 Å². The molecule has 0 saturated heterocycles. The minimum Gasteiger partial charge on any atom is -0.497 e. The molecule has 0 unspecified atom stereocenters. The maximum absolute atomic E-state index is 12.3. The van der Waals surface area contributed by atoms with E-state index in [1.54, 1.807) is 31.4 Å². The molecule has 0 N–H and O–H groups in total. The Bertz CT molecular complexity index is 1170. The van der Waals surface area contributed by atoms with Gasteiger partial charge in [-0.25, -0.2) is 4.79 Å². The van der Waals surface area contributed by atoms with Crippen molar-refractivity contribution in [2.75, 3.05) is 28.4 Å². The number of fused-ring (bicyclic) bond motifs is 1.